The van der Waals surface area contributed by atoms with E-state index < -0.39 is 0 Å². The molecule has 0 amide bonds. The fourth-order valence-electron chi connectivity index (χ4n) is 1.39. The van der Waals surface area contributed by atoms with Crippen LogP contribution >= 0.6 is 0 Å². The van der Waals surface area contributed by atoms with Crippen molar-refractivity contribution in [3.05, 3.63) is 0 Å². The monoisotopic (exact) mass is 172 g/mol. The molecule has 0 bridgehead atoms. The van der Waals surface area contributed by atoms with Gasteiger partial charge in [0.25, 0.3) is 0 Å². The third-order valence-corrected chi connectivity index (χ3v) is 2.14. The SMILES string of the molecule is CC.CCCN1CCN(C)CC1. The molecule has 0 aromatic heterocycles. The van der Waals surface area contributed by atoms with Gasteiger partial charge in [-0.2, -0.15) is 0 Å². The number of nitrogens with zero attached hydrogens (tertiary/aromatic N) is 2. The van der Waals surface area contributed by atoms with E-state index in [1.165, 1.54) is 39.1 Å². The summed E-state index contributed by atoms with van der Waals surface area (Å²) in [6, 6.07) is 0. The summed E-state index contributed by atoms with van der Waals surface area (Å²) in [6.07, 6.45) is 1.30. The molecule has 1 heterocycles. The van der Waals surface area contributed by atoms with Gasteiger partial charge in [0.2, 0.25) is 0 Å². The van der Waals surface area contributed by atoms with Crippen LogP contribution in [0.15, 0.2) is 0 Å². The van der Waals surface area contributed by atoms with E-state index in [2.05, 4.69) is 23.8 Å². The Morgan fingerprint density at radius 3 is 1.92 bits per heavy atom. The molecule has 0 N–H and O–H groups in total. The highest BCUT2D eigenvalue weighted by molar-refractivity contribution is 4.67. The molecule has 1 aliphatic heterocycles. The average molecular weight is 172 g/mol. The standard InChI is InChI=1S/C8H18N2.C2H6/c1-3-4-10-7-5-9(2)6-8-10;1-2/h3-8H2,1-2H3;1-2H3. The van der Waals surface area contributed by atoms with Crippen molar-refractivity contribution in [3.8, 4) is 0 Å². The van der Waals surface area contributed by atoms with Crippen LogP contribution in [0, 0.1) is 0 Å². The summed E-state index contributed by atoms with van der Waals surface area (Å²) in [5.74, 6) is 0. The predicted molar refractivity (Wildman–Crippen MR) is 55.6 cm³/mol. The molecule has 0 saturated carbocycles. The van der Waals surface area contributed by atoms with E-state index >= 15 is 0 Å². The molecule has 12 heavy (non-hydrogen) atoms. The van der Waals surface area contributed by atoms with Crippen LogP contribution in [-0.2, 0) is 0 Å². The number of rotatable bonds is 2. The zero-order chi connectivity index (χ0) is 9.40. The van der Waals surface area contributed by atoms with Crippen molar-refractivity contribution < 1.29 is 0 Å². The van der Waals surface area contributed by atoms with Crippen molar-refractivity contribution in [2.75, 3.05) is 39.8 Å². The van der Waals surface area contributed by atoms with E-state index in [1.807, 2.05) is 13.8 Å². The van der Waals surface area contributed by atoms with Gasteiger partial charge in [-0.25, -0.2) is 0 Å². The van der Waals surface area contributed by atoms with Crippen molar-refractivity contribution in [2.24, 2.45) is 0 Å². The molecule has 0 atom stereocenters. The molecule has 74 valence electrons. The van der Waals surface area contributed by atoms with E-state index in [-0.39, 0.29) is 0 Å². The minimum atomic E-state index is 1.25. The largest absolute Gasteiger partial charge is 0.304 e. The Bertz CT molecular complexity index is 85.8. The van der Waals surface area contributed by atoms with E-state index in [1.54, 1.807) is 0 Å². The molecular weight excluding hydrogens is 148 g/mol. The van der Waals surface area contributed by atoms with Crippen LogP contribution in [0.4, 0.5) is 0 Å². The Balaban J connectivity index is 0.000000561. The van der Waals surface area contributed by atoms with Crippen molar-refractivity contribution in [3.63, 3.8) is 0 Å². The molecule has 2 nitrogen and oxygen atoms in total. The zero-order valence-corrected chi connectivity index (χ0v) is 9.14. The molecule has 0 aliphatic carbocycles. The van der Waals surface area contributed by atoms with Gasteiger partial charge >= 0.3 is 0 Å². The quantitative estimate of drug-likeness (QED) is 0.625. The van der Waals surface area contributed by atoms with E-state index in [9.17, 15) is 0 Å². The Morgan fingerprint density at radius 2 is 1.50 bits per heavy atom. The Morgan fingerprint density at radius 1 is 1.00 bits per heavy atom. The van der Waals surface area contributed by atoms with Gasteiger partial charge < -0.3 is 9.80 Å². The fourth-order valence-corrected chi connectivity index (χ4v) is 1.39. The first-order valence-corrected chi connectivity index (χ1v) is 5.24. The highest BCUT2D eigenvalue weighted by Gasteiger charge is 2.11. The normalized spacial score (nSPS) is 20.0. The number of likely N-dealkylation sites (N-methyl/N-ethyl adjacent to an activating group) is 1. The maximum Gasteiger partial charge on any atom is 0.0110 e. The first-order valence-electron chi connectivity index (χ1n) is 5.24. The van der Waals surface area contributed by atoms with Crippen LogP contribution in [0.25, 0.3) is 0 Å². The smallest absolute Gasteiger partial charge is 0.0110 e. The van der Waals surface area contributed by atoms with Gasteiger partial charge in [-0.3, -0.25) is 0 Å². The molecule has 1 saturated heterocycles. The van der Waals surface area contributed by atoms with Crippen LogP contribution in [0.2, 0.25) is 0 Å². The lowest BCUT2D eigenvalue weighted by Crippen LogP contribution is -2.44. The topological polar surface area (TPSA) is 6.48 Å². The number of piperazine rings is 1. The van der Waals surface area contributed by atoms with Crippen molar-refractivity contribution in [1.29, 1.82) is 0 Å². The number of hydrogen-bond acceptors (Lipinski definition) is 2. The van der Waals surface area contributed by atoms with E-state index in [0.29, 0.717) is 0 Å². The van der Waals surface area contributed by atoms with Crippen molar-refractivity contribution in [1.82, 2.24) is 9.80 Å². The molecule has 1 fully saturated rings. The molecule has 2 heteroatoms. The maximum absolute atomic E-state index is 2.54. The summed E-state index contributed by atoms with van der Waals surface area (Å²) in [7, 11) is 2.20. The second-order valence-corrected chi connectivity index (χ2v) is 3.14. The summed E-state index contributed by atoms with van der Waals surface area (Å²) in [5.41, 5.74) is 0. The molecule has 1 aliphatic rings. The lowest BCUT2D eigenvalue weighted by molar-refractivity contribution is 0.154. The highest BCUT2D eigenvalue weighted by Crippen LogP contribution is 1.98. The summed E-state index contributed by atoms with van der Waals surface area (Å²) in [5, 5.41) is 0. The van der Waals surface area contributed by atoms with Crippen LogP contribution in [0.5, 0.6) is 0 Å². The third kappa shape index (κ3) is 4.73. The maximum atomic E-state index is 2.54. The molecule has 0 unspecified atom stereocenters. The van der Waals surface area contributed by atoms with E-state index in [4.69, 9.17) is 0 Å². The summed E-state index contributed by atoms with van der Waals surface area (Å²) < 4.78 is 0. The summed E-state index contributed by atoms with van der Waals surface area (Å²) >= 11 is 0. The summed E-state index contributed by atoms with van der Waals surface area (Å²) in [4.78, 5) is 4.94. The Hall–Kier alpha value is -0.0800. The third-order valence-electron chi connectivity index (χ3n) is 2.14. The summed E-state index contributed by atoms with van der Waals surface area (Å²) in [6.45, 7) is 12.6. The average Bonchev–Trinajstić information content (AvgIpc) is 2.13. The van der Waals surface area contributed by atoms with Crippen molar-refractivity contribution in [2.45, 2.75) is 27.2 Å². The molecule has 1 rings (SSSR count). The van der Waals surface area contributed by atoms with Crippen molar-refractivity contribution >= 4 is 0 Å². The lowest BCUT2D eigenvalue weighted by Gasteiger charge is -2.31. The van der Waals surface area contributed by atoms with Gasteiger partial charge in [-0.1, -0.05) is 20.8 Å². The van der Waals surface area contributed by atoms with Crippen LogP contribution in [0.3, 0.4) is 0 Å². The second-order valence-electron chi connectivity index (χ2n) is 3.14. The highest BCUT2D eigenvalue weighted by atomic mass is 15.2. The molecule has 0 spiro atoms. The van der Waals surface area contributed by atoms with Gasteiger partial charge in [0.05, 0.1) is 0 Å². The minimum Gasteiger partial charge on any atom is -0.304 e. The fraction of sp³-hybridized carbons (Fsp3) is 1.00. The first-order chi connectivity index (χ1) is 5.83. The van der Waals surface area contributed by atoms with Gasteiger partial charge in [0, 0.05) is 26.2 Å². The molecular formula is C10H24N2. The minimum absolute atomic E-state index is 1.25. The first kappa shape index (κ1) is 11.9. The Kier molecular flexibility index (Phi) is 7.51. The van der Waals surface area contributed by atoms with Crippen LogP contribution in [0.1, 0.15) is 27.2 Å². The van der Waals surface area contributed by atoms with Crippen LogP contribution in [-0.4, -0.2) is 49.6 Å². The van der Waals surface area contributed by atoms with Gasteiger partial charge in [0.15, 0.2) is 0 Å². The predicted octanol–water partition coefficient (Wildman–Crippen LogP) is 1.67. The van der Waals surface area contributed by atoms with E-state index in [0.717, 1.165) is 0 Å². The molecule has 0 aromatic rings. The van der Waals surface area contributed by atoms with Gasteiger partial charge in [-0.15, -0.1) is 0 Å². The van der Waals surface area contributed by atoms with Gasteiger partial charge in [0.1, 0.15) is 0 Å². The van der Waals surface area contributed by atoms with Gasteiger partial charge in [-0.05, 0) is 20.0 Å². The lowest BCUT2D eigenvalue weighted by atomic mass is 10.3. The molecule has 0 aromatic carbocycles. The second kappa shape index (κ2) is 7.56. The molecule has 0 radical (unpaired) electrons. The zero-order valence-electron chi connectivity index (χ0n) is 9.14. The Labute approximate surface area is 77.5 Å². The number of hydrogen-bond donors (Lipinski definition) is 0. The van der Waals surface area contributed by atoms with Crippen LogP contribution < -0.4 is 0 Å².